The summed E-state index contributed by atoms with van der Waals surface area (Å²) >= 11 is 0. The highest BCUT2D eigenvalue weighted by molar-refractivity contribution is 5.87. The molecule has 6 aromatic rings. The van der Waals surface area contributed by atoms with Gasteiger partial charge >= 0.3 is 5.97 Å². The van der Waals surface area contributed by atoms with Crippen LogP contribution >= 0.6 is 0 Å². The molecule has 10 heteroatoms. The first-order valence-electron chi connectivity index (χ1n) is 12.9. The summed E-state index contributed by atoms with van der Waals surface area (Å²) in [4.78, 5) is 31.8. The number of hydrogen-bond donors (Lipinski definition) is 2. The van der Waals surface area contributed by atoms with Crippen LogP contribution in [0.3, 0.4) is 0 Å². The topological polar surface area (TPSA) is 125 Å². The van der Waals surface area contributed by atoms with Gasteiger partial charge in [0.1, 0.15) is 5.69 Å². The van der Waals surface area contributed by atoms with Crippen molar-refractivity contribution in [1.82, 2.24) is 39.4 Å². The molecule has 5 heterocycles. The third kappa shape index (κ3) is 4.50. The molecule has 4 aromatic heterocycles. The average molecular weight is 529 g/mol. The predicted octanol–water partition coefficient (Wildman–Crippen LogP) is 4.54. The number of rotatable bonds is 7. The van der Waals surface area contributed by atoms with E-state index in [-0.39, 0.29) is 5.69 Å². The van der Waals surface area contributed by atoms with E-state index in [1.165, 1.54) is 11.8 Å². The summed E-state index contributed by atoms with van der Waals surface area (Å²) in [5.41, 5.74) is 5.53. The first-order valence-corrected chi connectivity index (χ1v) is 12.9. The fourth-order valence-electron chi connectivity index (χ4n) is 5.04. The summed E-state index contributed by atoms with van der Waals surface area (Å²) in [6.45, 7) is 2.61. The van der Waals surface area contributed by atoms with Crippen molar-refractivity contribution in [2.24, 2.45) is 0 Å². The van der Waals surface area contributed by atoms with Crippen molar-refractivity contribution in [3.8, 4) is 33.9 Å². The number of benzene rings is 2. The molecule has 0 unspecified atom stereocenters. The first kappa shape index (κ1) is 23.9. The largest absolute Gasteiger partial charge is 0.476 e. The molecule has 0 amide bonds. The number of aromatic nitrogens is 7. The Kier molecular flexibility index (Phi) is 5.86. The number of carboxylic acids is 1. The predicted molar refractivity (Wildman–Crippen MR) is 148 cm³/mol. The molecule has 40 heavy (non-hydrogen) atoms. The van der Waals surface area contributed by atoms with E-state index in [2.05, 4.69) is 54.3 Å². The number of nitrogens with zero attached hydrogens (tertiary/aromatic N) is 7. The molecule has 1 aliphatic heterocycles. The Morgan fingerprint density at radius 2 is 1.70 bits per heavy atom. The van der Waals surface area contributed by atoms with Gasteiger partial charge in [0, 0.05) is 55.3 Å². The van der Waals surface area contributed by atoms with E-state index < -0.39 is 5.97 Å². The number of pyridine rings is 1. The molecule has 0 bridgehead atoms. The molecule has 0 atom stereocenters. The van der Waals surface area contributed by atoms with Crippen molar-refractivity contribution in [2.75, 3.05) is 13.1 Å². The molecule has 1 saturated heterocycles. The van der Waals surface area contributed by atoms with E-state index in [4.69, 9.17) is 4.98 Å². The third-order valence-corrected chi connectivity index (χ3v) is 7.12. The molecular formula is C30H24N8O2. The highest BCUT2D eigenvalue weighted by Gasteiger charge is 2.31. The molecule has 0 saturated carbocycles. The second kappa shape index (κ2) is 9.83. The van der Waals surface area contributed by atoms with Crippen LogP contribution < -0.4 is 0 Å². The lowest BCUT2D eigenvalue weighted by molar-refractivity contribution is 0.0691. The number of aromatic carboxylic acids is 1. The third-order valence-electron chi connectivity index (χ3n) is 7.12. The lowest BCUT2D eigenvalue weighted by Crippen LogP contribution is -2.44. The maximum atomic E-state index is 11.5. The van der Waals surface area contributed by atoms with Crippen LogP contribution in [0.2, 0.25) is 0 Å². The number of hydrogen-bond acceptors (Lipinski definition) is 7. The van der Waals surface area contributed by atoms with Gasteiger partial charge in [-0.25, -0.2) is 19.7 Å². The van der Waals surface area contributed by atoms with Gasteiger partial charge in [0.15, 0.2) is 17.3 Å². The molecular weight excluding hydrogens is 504 g/mol. The highest BCUT2D eigenvalue weighted by Crippen LogP contribution is 2.32. The van der Waals surface area contributed by atoms with Crippen LogP contribution in [0, 0.1) is 0 Å². The van der Waals surface area contributed by atoms with Gasteiger partial charge in [0.05, 0.1) is 5.69 Å². The maximum Gasteiger partial charge on any atom is 0.356 e. The van der Waals surface area contributed by atoms with E-state index in [1.807, 2.05) is 54.7 Å². The Balaban J connectivity index is 1.08. The fraction of sp³-hybridized carbons (Fsp3) is 0.133. The van der Waals surface area contributed by atoms with E-state index in [0.717, 1.165) is 53.5 Å². The van der Waals surface area contributed by atoms with Gasteiger partial charge in [-0.2, -0.15) is 5.10 Å². The molecule has 0 spiro atoms. The summed E-state index contributed by atoms with van der Waals surface area (Å²) < 4.78 is 1.66. The zero-order valence-corrected chi connectivity index (χ0v) is 21.3. The molecule has 2 N–H and O–H groups in total. The smallest absolute Gasteiger partial charge is 0.356 e. The molecule has 10 nitrogen and oxygen atoms in total. The number of H-pyrrole nitrogens is 1. The minimum Gasteiger partial charge on any atom is -0.476 e. The van der Waals surface area contributed by atoms with Crippen molar-refractivity contribution in [3.05, 3.63) is 108 Å². The van der Waals surface area contributed by atoms with E-state index >= 15 is 0 Å². The molecule has 7 rings (SSSR count). The quantitative estimate of drug-likeness (QED) is 0.309. The molecule has 0 aliphatic carbocycles. The Morgan fingerprint density at radius 3 is 2.45 bits per heavy atom. The van der Waals surface area contributed by atoms with Crippen LogP contribution in [0.5, 0.6) is 0 Å². The van der Waals surface area contributed by atoms with Crippen molar-refractivity contribution in [2.45, 2.75) is 12.5 Å². The van der Waals surface area contributed by atoms with Gasteiger partial charge in [-0.05, 0) is 23.3 Å². The van der Waals surface area contributed by atoms with Gasteiger partial charge in [0.2, 0.25) is 5.78 Å². The maximum absolute atomic E-state index is 11.5. The Labute approximate surface area is 229 Å². The number of fused-ring (bicyclic) bond motifs is 1. The summed E-state index contributed by atoms with van der Waals surface area (Å²) in [6, 6.07) is 24.0. The summed E-state index contributed by atoms with van der Waals surface area (Å²) in [7, 11) is 0. The Morgan fingerprint density at radius 1 is 0.900 bits per heavy atom. The molecule has 1 fully saturated rings. The van der Waals surface area contributed by atoms with Crippen LogP contribution in [-0.4, -0.2) is 63.6 Å². The Hall–Kier alpha value is -5.22. The second-order valence-electron chi connectivity index (χ2n) is 9.85. The number of nitrogens with one attached hydrogen (secondary N) is 1. The number of aromatic amines is 1. The standard InChI is InChI=1S/C30H24N8O2/c39-29(40)25-18-38-17-23(20-6-2-1-3-7-20)26(33-30(38)32-25)21-11-9-19(10-12-21)14-37-15-22(16-37)27-34-28(36-35-27)24-8-4-5-13-31-24/h1-13,17-18,22H,14-16H2,(H,39,40)(H,34,35,36). The zero-order chi connectivity index (χ0) is 27.1. The van der Waals surface area contributed by atoms with Gasteiger partial charge in [-0.3, -0.25) is 19.4 Å². The van der Waals surface area contributed by atoms with Gasteiger partial charge in [-0.15, -0.1) is 0 Å². The molecule has 0 radical (unpaired) electrons. The van der Waals surface area contributed by atoms with Gasteiger partial charge in [0.25, 0.3) is 0 Å². The Bertz CT molecular complexity index is 1810. The molecule has 196 valence electrons. The van der Waals surface area contributed by atoms with Crippen LogP contribution in [0.15, 0.2) is 91.4 Å². The van der Waals surface area contributed by atoms with E-state index in [9.17, 15) is 9.90 Å². The van der Waals surface area contributed by atoms with Crippen LogP contribution in [-0.2, 0) is 6.54 Å². The van der Waals surface area contributed by atoms with Gasteiger partial charge < -0.3 is 5.11 Å². The lowest BCUT2D eigenvalue weighted by atomic mass is 9.97. The van der Waals surface area contributed by atoms with E-state index in [0.29, 0.717) is 17.5 Å². The average Bonchev–Trinajstić information content (AvgIpc) is 3.63. The number of carbonyl (C=O) groups is 1. The van der Waals surface area contributed by atoms with Crippen molar-refractivity contribution in [3.63, 3.8) is 0 Å². The summed E-state index contributed by atoms with van der Waals surface area (Å²) in [5, 5.41) is 16.8. The number of imidazole rings is 1. The van der Waals surface area contributed by atoms with Crippen molar-refractivity contribution >= 4 is 11.7 Å². The van der Waals surface area contributed by atoms with Crippen LogP contribution in [0.25, 0.3) is 39.7 Å². The summed E-state index contributed by atoms with van der Waals surface area (Å²) in [6.07, 6.45) is 5.13. The normalized spacial score (nSPS) is 13.9. The zero-order valence-electron chi connectivity index (χ0n) is 21.3. The first-order chi connectivity index (χ1) is 19.6. The van der Waals surface area contributed by atoms with Crippen LogP contribution in [0.4, 0.5) is 0 Å². The monoisotopic (exact) mass is 528 g/mol. The van der Waals surface area contributed by atoms with E-state index in [1.54, 1.807) is 10.6 Å². The SMILES string of the molecule is O=C(O)c1cn2cc(-c3ccccc3)c(-c3ccc(CN4CC(c5n[nH]c(-c6ccccn6)n5)C4)cc3)nc2n1. The second-order valence-corrected chi connectivity index (χ2v) is 9.85. The summed E-state index contributed by atoms with van der Waals surface area (Å²) in [5.74, 6) is 1.08. The molecule has 2 aromatic carbocycles. The minimum absolute atomic E-state index is 0.0372. The lowest BCUT2D eigenvalue weighted by Gasteiger charge is -2.37. The van der Waals surface area contributed by atoms with Crippen molar-refractivity contribution < 1.29 is 9.90 Å². The highest BCUT2D eigenvalue weighted by atomic mass is 16.4. The van der Waals surface area contributed by atoms with Crippen molar-refractivity contribution in [1.29, 1.82) is 0 Å². The fourth-order valence-corrected chi connectivity index (χ4v) is 5.04. The number of carboxylic acid groups (broad SMARTS) is 1. The minimum atomic E-state index is -1.08. The molecule has 1 aliphatic rings. The number of likely N-dealkylation sites (tertiary alicyclic amines) is 1. The van der Waals surface area contributed by atoms with Crippen LogP contribution in [0.1, 0.15) is 27.8 Å². The van der Waals surface area contributed by atoms with Gasteiger partial charge in [-0.1, -0.05) is 60.7 Å².